The van der Waals surface area contributed by atoms with Crippen LogP contribution in [0, 0.1) is 6.92 Å². The van der Waals surface area contributed by atoms with Crippen molar-refractivity contribution in [2.24, 2.45) is 0 Å². The molecule has 1 heterocycles. The number of nitrogens with one attached hydrogen (secondary N) is 1. The van der Waals surface area contributed by atoms with Crippen LogP contribution in [0.4, 0.5) is 16.5 Å². The van der Waals surface area contributed by atoms with Crippen LogP contribution < -0.4 is 11.1 Å². The van der Waals surface area contributed by atoms with Crippen LogP contribution in [0.2, 0.25) is 0 Å². The molecule has 0 atom stereocenters. The number of anilines is 3. The number of ether oxygens (including phenoxy) is 1. The van der Waals surface area contributed by atoms with E-state index < -0.39 is 0 Å². The van der Waals surface area contributed by atoms with E-state index in [2.05, 4.69) is 15.0 Å². The molecule has 3 N–H and O–H groups in total. The van der Waals surface area contributed by atoms with E-state index in [0.717, 1.165) is 22.1 Å². The van der Waals surface area contributed by atoms with Gasteiger partial charge in [-0.3, -0.25) is 4.79 Å². The minimum Gasteiger partial charge on any atom is -0.469 e. The van der Waals surface area contributed by atoms with Crippen molar-refractivity contribution in [2.45, 2.75) is 13.3 Å². The fourth-order valence-electron chi connectivity index (χ4n) is 1.51. The summed E-state index contributed by atoms with van der Waals surface area (Å²) in [5.41, 5.74) is 9.19. The highest BCUT2D eigenvalue weighted by Gasteiger charge is 2.08. The van der Waals surface area contributed by atoms with Crippen molar-refractivity contribution in [1.29, 1.82) is 0 Å². The van der Waals surface area contributed by atoms with E-state index in [0.29, 0.717) is 5.69 Å². The van der Waals surface area contributed by atoms with Crippen molar-refractivity contribution < 1.29 is 9.53 Å². The summed E-state index contributed by atoms with van der Waals surface area (Å²) in [5.74, 6) is -0.295. The molecule has 0 unspecified atom stereocenters. The number of thiazole rings is 1. The van der Waals surface area contributed by atoms with Crippen molar-refractivity contribution in [2.75, 3.05) is 18.2 Å². The van der Waals surface area contributed by atoms with Gasteiger partial charge in [-0.05, 0) is 24.6 Å². The lowest BCUT2D eigenvalue weighted by molar-refractivity contribution is -0.139. The molecule has 0 saturated heterocycles. The highest BCUT2D eigenvalue weighted by Crippen LogP contribution is 2.24. The molecular weight excluding hydrogens is 262 g/mol. The van der Waals surface area contributed by atoms with Crippen LogP contribution >= 0.6 is 11.3 Å². The minimum absolute atomic E-state index is 0.185. The molecular formula is C13H15N3O2S. The lowest BCUT2D eigenvalue weighted by Crippen LogP contribution is -2.04. The molecule has 0 bridgehead atoms. The summed E-state index contributed by atoms with van der Waals surface area (Å²) in [6.07, 6.45) is 0.185. The van der Waals surface area contributed by atoms with Crippen LogP contribution in [0.5, 0.6) is 0 Å². The Morgan fingerprint density at radius 1 is 1.53 bits per heavy atom. The first-order valence-corrected chi connectivity index (χ1v) is 6.61. The van der Waals surface area contributed by atoms with Gasteiger partial charge in [0.2, 0.25) is 0 Å². The maximum Gasteiger partial charge on any atom is 0.311 e. The van der Waals surface area contributed by atoms with Gasteiger partial charge in [-0.1, -0.05) is 6.07 Å². The average Bonchev–Trinajstić information content (AvgIpc) is 2.81. The summed E-state index contributed by atoms with van der Waals surface area (Å²) in [6, 6.07) is 5.74. The number of esters is 1. The fraction of sp³-hybridized carbons (Fsp3) is 0.231. The molecule has 1 aromatic heterocycles. The second-order valence-corrected chi connectivity index (χ2v) is 4.95. The molecule has 100 valence electrons. The number of carbonyl (C=O) groups is 1. The second kappa shape index (κ2) is 5.71. The Balaban J connectivity index is 2.07. The number of rotatable bonds is 4. The number of aryl methyl sites for hydroxylation is 1. The van der Waals surface area contributed by atoms with Crippen LogP contribution in [-0.4, -0.2) is 18.1 Å². The SMILES string of the molecule is COC(=O)Cc1csc(Nc2ccc(C)c(N)c2)n1. The lowest BCUT2D eigenvalue weighted by atomic mass is 10.2. The largest absolute Gasteiger partial charge is 0.469 e. The summed E-state index contributed by atoms with van der Waals surface area (Å²) in [5, 5.41) is 5.71. The Kier molecular flexibility index (Phi) is 4.01. The highest BCUT2D eigenvalue weighted by molar-refractivity contribution is 7.13. The van der Waals surface area contributed by atoms with Gasteiger partial charge in [0.05, 0.1) is 19.2 Å². The summed E-state index contributed by atoms with van der Waals surface area (Å²) < 4.78 is 4.60. The number of methoxy groups -OCH3 is 1. The third kappa shape index (κ3) is 3.45. The van der Waals surface area contributed by atoms with Crippen molar-refractivity contribution in [3.8, 4) is 0 Å². The zero-order valence-corrected chi connectivity index (χ0v) is 11.6. The van der Waals surface area contributed by atoms with Gasteiger partial charge < -0.3 is 15.8 Å². The van der Waals surface area contributed by atoms with Gasteiger partial charge in [0.25, 0.3) is 0 Å². The number of nitrogens with two attached hydrogens (primary N) is 1. The summed E-state index contributed by atoms with van der Waals surface area (Å²) in [7, 11) is 1.36. The molecule has 0 aliphatic heterocycles. The summed E-state index contributed by atoms with van der Waals surface area (Å²) in [4.78, 5) is 15.4. The van der Waals surface area contributed by atoms with Crippen molar-refractivity contribution >= 4 is 33.8 Å². The number of nitrogen functional groups attached to an aromatic ring is 1. The predicted molar refractivity (Wildman–Crippen MR) is 76.7 cm³/mol. The van der Waals surface area contributed by atoms with Gasteiger partial charge in [-0.15, -0.1) is 11.3 Å². The monoisotopic (exact) mass is 277 g/mol. The number of nitrogens with zero attached hydrogens (tertiary/aromatic N) is 1. The molecule has 2 aromatic rings. The maximum atomic E-state index is 11.1. The smallest absolute Gasteiger partial charge is 0.311 e. The lowest BCUT2D eigenvalue weighted by Gasteiger charge is -2.05. The molecule has 0 fully saturated rings. The average molecular weight is 277 g/mol. The Bertz CT molecular complexity index is 595. The zero-order chi connectivity index (χ0) is 13.8. The third-order valence-electron chi connectivity index (χ3n) is 2.64. The number of benzene rings is 1. The van der Waals surface area contributed by atoms with E-state index in [9.17, 15) is 4.79 Å². The topological polar surface area (TPSA) is 77.2 Å². The van der Waals surface area contributed by atoms with E-state index >= 15 is 0 Å². The maximum absolute atomic E-state index is 11.1. The number of aromatic nitrogens is 1. The molecule has 1 aromatic carbocycles. The Labute approximate surface area is 115 Å². The van der Waals surface area contributed by atoms with E-state index in [1.165, 1.54) is 18.4 Å². The van der Waals surface area contributed by atoms with E-state index in [4.69, 9.17) is 5.73 Å². The van der Waals surface area contributed by atoms with Crippen LogP contribution in [0.15, 0.2) is 23.6 Å². The molecule has 0 saturated carbocycles. The molecule has 0 aliphatic rings. The molecule has 0 radical (unpaired) electrons. The molecule has 5 nitrogen and oxygen atoms in total. The van der Waals surface area contributed by atoms with Gasteiger partial charge >= 0.3 is 5.97 Å². The quantitative estimate of drug-likeness (QED) is 0.663. The Hall–Kier alpha value is -2.08. The second-order valence-electron chi connectivity index (χ2n) is 4.09. The molecule has 2 rings (SSSR count). The molecule has 0 amide bonds. The minimum atomic E-state index is -0.295. The first kappa shape index (κ1) is 13.4. The third-order valence-corrected chi connectivity index (χ3v) is 3.44. The normalized spacial score (nSPS) is 10.2. The van der Waals surface area contributed by atoms with Gasteiger partial charge in [0, 0.05) is 16.8 Å². The molecule has 19 heavy (non-hydrogen) atoms. The predicted octanol–water partition coefficient (Wildman–Crippen LogP) is 2.49. The first-order chi connectivity index (χ1) is 9.08. The van der Waals surface area contributed by atoms with Crippen molar-refractivity contribution in [1.82, 2.24) is 4.98 Å². The van der Waals surface area contributed by atoms with Crippen LogP contribution in [0.3, 0.4) is 0 Å². The molecule has 0 aliphatic carbocycles. The van der Waals surface area contributed by atoms with Gasteiger partial charge in [-0.2, -0.15) is 0 Å². The van der Waals surface area contributed by atoms with Crippen LogP contribution in [0.1, 0.15) is 11.3 Å². The molecule has 0 spiro atoms. The van der Waals surface area contributed by atoms with Gasteiger partial charge in [0.1, 0.15) is 0 Å². The summed E-state index contributed by atoms with van der Waals surface area (Å²) >= 11 is 1.44. The number of hydrogen-bond donors (Lipinski definition) is 2. The fourth-order valence-corrected chi connectivity index (χ4v) is 2.24. The zero-order valence-electron chi connectivity index (χ0n) is 10.8. The number of hydrogen-bond acceptors (Lipinski definition) is 6. The van der Waals surface area contributed by atoms with Crippen molar-refractivity contribution in [3.63, 3.8) is 0 Å². The van der Waals surface area contributed by atoms with Gasteiger partial charge in [0.15, 0.2) is 5.13 Å². The van der Waals surface area contributed by atoms with E-state index in [-0.39, 0.29) is 12.4 Å². The van der Waals surface area contributed by atoms with E-state index in [1.54, 1.807) is 0 Å². The summed E-state index contributed by atoms with van der Waals surface area (Å²) in [6.45, 7) is 1.96. The van der Waals surface area contributed by atoms with Gasteiger partial charge in [-0.25, -0.2) is 4.98 Å². The first-order valence-electron chi connectivity index (χ1n) is 5.73. The Morgan fingerprint density at radius 3 is 3.00 bits per heavy atom. The Morgan fingerprint density at radius 2 is 2.32 bits per heavy atom. The number of carbonyl (C=O) groups excluding carboxylic acids is 1. The molecule has 6 heteroatoms. The standard InChI is InChI=1S/C13H15N3O2S/c1-8-3-4-9(5-11(8)14)15-13-16-10(7-19-13)6-12(17)18-2/h3-5,7H,6,14H2,1-2H3,(H,15,16). The van der Waals surface area contributed by atoms with Crippen LogP contribution in [-0.2, 0) is 16.0 Å². The van der Waals surface area contributed by atoms with Crippen molar-refractivity contribution in [3.05, 3.63) is 34.8 Å². The van der Waals surface area contributed by atoms with E-state index in [1.807, 2.05) is 30.5 Å². The van der Waals surface area contributed by atoms with Crippen LogP contribution in [0.25, 0.3) is 0 Å². The highest BCUT2D eigenvalue weighted by atomic mass is 32.1.